The van der Waals surface area contributed by atoms with Crippen molar-refractivity contribution in [1.29, 1.82) is 0 Å². The molecule has 2 nitrogen and oxygen atoms in total. The largest absolute Gasteiger partial charge is 0.496 e. The number of aliphatic hydroxyl groups is 1. The zero-order valence-corrected chi connectivity index (χ0v) is 14.7. The van der Waals surface area contributed by atoms with Crippen LogP contribution in [0.4, 0.5) is 0 Å². The molecule has 106 valence electrons. The SMILES string of the molecule is COc1ccc(Cl)cc1CC(O)c1ccc(Br)cc1Br. The fraction of sp³-hybridized carbons (Fsp3) is 0.200. The van der Waals surface area contributed by atoms with Gasteiger partial charge in [0.1, 0.15) is 5.75 Å². The molecule has 0 aliphatic heterocycles. The normalized spacial score (nSPS) is 12.2. The van der Waals surface area contributed by atoms with Gasteiger partial charge in [0.15, 0.2) is 0 Å². The van der Waals surface area contributed by atoms with Crippen LogP contribution in [-0.4, -0.2) is 12.2 Å². The van der Waals surface area contributed by atoms with Crippen molar-refractivity contribution in [1.82, 2.24) is 0 Å². The van der Waals surface area contributed by atoms with Gasteiger partial charge in [0, 0.05) is 20.4 Å². The highest BCUT2D eigenvalue weighted by molar-refractivity contribution is 9.11. The number of rotatable bonds is 4. The molecule has 2 aromatic carbocycles. The van der Waals surface area contributed by atoms with Gasteiger partial charge in [-0.05, 0) is 41.5 Å². The fourth-order valence-electron chi connectivity index (χ4n) is 2.00. The first-order chi connectivity index (χ1) is 9.51. The molecule has 0 saturated heterocycles. The minimum Gasteiger partial charge on any atom is -0.496 e. The molecule has 0 aliphatic carbocycles. The zero-order chi connectivity index (χ0) is 14.7. The molecule has 1 N–H and O–H groups in total. The lowest BCUT2D eigenvalue weighted by molar-refractivity contribution is 0.176. The van der Waals surface area contributed by atoms with E-state index in [1.165, 1.54) is 0 Å². The van der Waals surface area contributed by atoms with Crippen molar-refractivity contribution in [3.8, 4) is 5.75 Å². The number of ether oxygens (including phenoxy) is 1. The quantitative estimate of drug-likeness (QED) is 0.741. The minimum atomic E-state index is -0.634. The van der Waals surface area contributed by atoms with Gasteiger partial charge in [0.25, 0.3) is 0 Å². The molecule has 0 aliphatic rings. The second-order valence-corrected chi connectivity index (χ2v) is 6.55. The lowest BCUT2D eigenvalue weighted by atomic mass is 10.0. The van der Waals surface area contributed by atoms with E-state index in [1.807, 2.05) is 24.3 Å². The van der Waals surface area contributed by atoms with Crippen molar-refractivity contribution in [3.63, 3.8) is 0 Å². The second-order valence-electron chi connectivity index (χ2n) is 4.34. The van der Waals surface area contributed by atoms with Crippen molar-refractivity contribution in [2.45, 2.75) is 12.5 Å². The van der Waals surface area contributed by atoms with Crippen molar-refractivity contribution >= 4 is 43.5 Å². The molecular formula is C15H13Br2ClO2. The van der Waals surface area contributed by atoms with Gasteiger partial charge in [-0.3, -0.25) is 0 Å². The van der Waals surface area contributed by atoms with Crippen LogP contribution in [0.1, 0.15) is 17.2 Å². The Bertz CT molecular complexity index is 617. The topological polar surface area (TPSA) is 29.5 Å². The number of halogens is 3. The number of benzene rings is 2. The van der Waals surface area contributed by atoms with Gasteiger partial charge in [-0.2, -0.15) is 0 Å². The van der Waals surface area contributed by atoms with E-state index >= 15 is 0 Å². The molecule has 0 saturated carbocycles. The molecule has 0 aromatic heterocycles. The Morgan fingerprint density at radius 3 is 2.60 bits per heavy atom. The van der Waals surface area contributed by atoms with Gasteiger partial charge in [0.2, 0.25) is 0 Å². The van der Waals surface area contributed by atoms with Gasteiger partial charge in [-0.25, -0.2) is 0 Å². The van der Waals surface area contributed by atoms with Crippen LogP contribution in [0.2, 0.25) is 5.02 Å². The molecule has 0 radical (unpaired) electrons. The van der Waals surface area contributed by atoms with E-state index in [1.54, 1.807) is 19.2 Å². The first-order valence-corrected chi connectivity index (χ1v) is 7.93. The monoisotopic (exact) mass is 418 g/mol. The highest BCUT2D eigenvalue weighted by atomic mass is 79.9. The van der Waals surface area contributed by atoms with Gasteiger partial charge >= 0.3 is 0 Å². The first kappa shape index (κ1) is 15.8. The minimum absolute atomic E-state index is 0.434. The third-order valence-electron chi connectivity index (χ3n) is 2.98. The van der Waals surface area contributed by atoms with Crippen LogP contribution >= 0.6 is 43.5 Å². The molecule has 2 aromatic rings. The van der Waals surface area contributed by atoms with E-state index in [4.69, 9.17) is 16.3 Å². The summed E-state index contributed by atoms with van der Waals surface area (Å²) in [5.41, 5.74) is 1.71. The summed E-state index contributed by atoms with van der Waals surface area (Å²) in [5, 5.41) is 11.0. The van der Waals surface area contributed by atoms with Gasteiger partial charge in [-0.15, -0.1) is 0 Å². The predicted octanol–water partition coefficient (Wildman–Crippen LogP) is 5.15. The first-order valence-electron chi connectivity index (χ1n) is 5.96. The van der Waals surface area contributed by atoms with Crippen LogP contribution in [0.5, 0.6) is 5.75 Å². The highest BCUT2D eigenvalue weighted by Crippen LogP contribution is 2.32. The standard InChI is InChI=1S/C15H13Br2ClO2/c1-20-15-5-3-11(18)6-9(15)7-14(19)12-4-2-10(16)8-13(12)17/h2-6,8,14,19H,7H2,1H3. The second kappa shape index (κ2) is 6.94. The molecule has 1 atom stereocenters. The Morgan fingerprint density at radius 1 is 1.20 bits per heavy atom. The van der Waals surface area contributed by atoms with Crippen LogP contribution < -0.4 is 4.74 Å². The Morgan fingerprint density at radius 2 is 1.95 bits per heavy atom. The maximum absolute atomic E-state index is 10.4. The number of aliphatic hydroxyl groups excluding tert-OH is 1. The van der Waals surface area contributed by atoms with Crippen molar-refractivity contribution in [2.24, 2.45) is 0 Å². The summed E-state index contributed by atoms with van der Waals surface area (Å²) < 4.78 is 7.12. The van der Waals surface area contributed by atoms with E-state index in [9.17, 15) is 5.11 Å². The Hall–Kier alpha value is -0.550. The van der Waals surface area contributed by atoms with Gasteiger partial charge in [0.05, 0.1) is 13.2 Å². The molecule has 0 fully saturated rings. The maximum Gasteiger partial charge on any atom is 0.122 e. The van der Waals surface area contributed by atoms with E-state index in [0.717, 1.165) is 25.8 Å². The Kier molecular flexibility index (Phi) is 5.49. The summed E-state index contributed by atoms with van der Waals surface area (Å²) >= 11 is 12.9. The summed E-state index contributed by atoms with van der Waals surface area (Å²) in [5.74, 6) is 0.724. The molecule has 20 heavy (non-hydrogen) atoms. The van der Waals surface area contributed by atoms with E-state index in [0.29, 0.717) is 11.4 Å². The van der Waals surface area contributed by atoms with E-state index in [-0.39, 0.29) is 0 Å². The van der Waals surface area contributed by atoms with Crippen molar-refractivity contribution in [2.75, 3.05) is 7.11 Å². The molecule has 0 amide bonds. The van der Waals surface area contributed by atoms with Crippen molar-refractivity contribution in [3.05, 3.63) is 61.5 Å². The van der Waals surface area contributed by atoms with Crippen LogP contribution in [0.25, 0.3) is 0 Å². The lowest BCUT2D eigenvalue weighted by Crippen LogP contribution is -2.04. The Balaban J connectivity index is 2.27. The fourth-order valence-corrected chi connectivity index (χ4v) is 3.50. The van der Waals surface area contributed by atoms with Crippen LogP contribution in [0.3, 0.4) is 0 Å². The smallest absolute Gasteiger partial charge is 0.122 e. The summed E-state index contributed by atoms with van der Waals surface area (Å²) in [4.78, 5) is 0. The number of hydrogen-bond donors (Lipinski definition) is 1. The molecule has 0 heterocycles. The summed E-state index contributed by atoms with van der Waals surface area (Å²) in [7, 11) is 1.61. The van der Waals surface area contributed by atoms with Gasteiger partial charge in [-0.1, -0.05) is 49.5 Å². The molecule has 5 heteroatoms. The molecular weight excluding hydrogens is 407 g/mol. The highest BCUT2D eigenvalue weighted by Gasteiger charge is 2.15. The molecule has 2 rings (SSSR count). The van der Waals surface area contributed by atoms with Crippen LogP contribution in [-0.2, 0) is 6.42 Å². The third kappa shape index (κ3) is 3.76. The molecule has 1 unspecified atom stereocenters. The summed E-state index contributed by atoms with van der Waals surface area (Å²) in [6, 6.07) is 11.1. The van der Waals surface area contributed by atoms with Crippen LogP contribution in [0, 0.1) is 0 Å². The zero-order valence-electron chi connectivity index (χ0n) is 10.7. The number of hydrogen-bond acceptors (Lipinski definition) is 2. The van der Waals surface area contributed by atoms with E-state index < -0.39 is 6.10 Å². The third-order valence-corrected chi connectivity index (χ3v) is 4.39. The maximum atomic E-state index is 10.4. The summed E-state index contributed by atoms with van der Waals surface area (Å²) in [6.07, 6.45) is -0.200. The molecule has 0 bridgehead atoms. The lowest BCUT2D eigenvalue weighted by Gasteiger charge is -2.15. The van der Waals surface area contributed by atoms with E-state index in [2.05, 4.69) is 31.9 Å². The molecule has 0 spiro atoms. The predicted molar refractivity (Wildman–Crippen MR) is 88.5 cm³/mol. The van der Waals surface area contributed by atoms with Gasteiger partial charge < -0.3 is 9.84 Å². The van der Waals surface area contributed by atoms with Crippen LogP contribution in [0.15, 0.2) is 45.3 Å². The average Bonchev–Trinajstić information content (AvgIpc) is 2.38. The van der Waals surface area contributed by atoms with Crippen molar-refractivity contribution < 1.29 is 9.84 Å². The average molecular weight is 421 g/mol. The number of methoxy groups -OCH3 is 1. The summed E-state index contributed by atoms with van der Waals surface area (Å²) in [6.45, 7) is 0. The Labute approximate surface area is 140 Å².